The Bertz CT molecular complexity index is 762. The van der Waals surface area contributed by atoms with E-state index >= 15 is 0 Å². The summed E-state index contributed by atoms with van der Waals surface area (Å²) in [6.07, 6.45) is 10.7. The maximum atomic E-state index is 12.5. The van der Waals surface area contributed by atoms with Gasteiger partial charge < -0.3 is 19.7 Å². The van der Waals surface area contributed by atoms with Gasteiger partial charge in [-0.15, -0.1) is 0 Å². The smallest absolute Gasteiger partial charge is 0.246 e. The number of nitrogens with one attached hydrogen (secondary N) is 1. The monoisotopic (exact) mass is 398 g/mol. The van der Waals surface area contributed by atoms with Crippen molar-refractivity contribution in [3.05, 3.63) is 29.8 Å². The van der Waals surface area contributed by atoms with Gasteiger partial charge in [-0.05, 0) is 49.5 Å². The van der Waals surface area contributed by atoms with E-state index < -0.39 is 0 Å². The second kappa shape index (κ2) is 9.33. The molecule has 1 aromatic carbocycles. The molecule has 2 aliphatic heterocycles. The number of carbonyl (C=O) groups is 2. The fourth-order valence-corrected chi connectivity index (χ4v) is 4.36. The third-order valence-corrected chi connectivity index (χ3v) is 6.11. The number of hydrogen-bond acceptors (Lipinski definition) is 4. The molecule has 1 saturated heterocycles. The van der Waals surface area contributed by atoms with Crippen LogP contribution >= 0.6 is 0 Å². The van der Waals surface area contributed by atoms with Crippen LogP contribution in [-0.2, 0) is 9.59 Å². The maximum absolute atomic E-state index is 12.5. The first-order valence-electron chi connectivity index (χ1n) is 10.9. The molecule has 6 nitrogen and oxygen atoms in total. The van der Waals surface area contributed by atoms with Crippen LogP contribution < -0.4 is 14.8 Å². The highest BCUT2D eigenvalue weighted by molar-refractivity contribution is 5.92. The predicted molar refractivity (Wildman–Crippen MR) is 111 cm³/mol. The topological polar surface area (TPSA) is 67.9 Å². The summed E-state index contributed by atoms with van der Waals surface area (Å²) in [6.45, 7) is 2.48. The number of benzene rings is 1. The van der Waals surface area contributed by atoms with Crippen molar-refractivity contribution >= 4 is 17.9 Å². The van der Waals surface area contributed by atoms with Crippen LogP contribution in [0.25, 0.3) is 6.08 Å². The Morgan fingerprint density at radius 3 is 2.45 bits per heavy atom. The van der Waals surface area contributed by atoms with E-state index in [1.807, 2.05) is 29.2 Å². The van der Waals surface area contributed by atoms with Crippen molar-refractivity contribution in [3.63, 3.8) is 0 Å². The number of ether oxygens (including phenoxy) is 2. The lowest BCUT2D eigenvalue weighted by atomic mass is 9.88. The number of piperidine rings is 1. The molecule has 29 heavy (non-hydrogen) atoms. The van der Waals surface area contributed by atoms with E-state index in [1.54, 1.807) is 6.08 Å². The van der Waals surface area contributed by atoms with E-state index in [-0.39, 0.29) is 23.8 Å². The molecule has 1 N–H and O–H groups in total. The molecule has 1 saturated carbocycles. The highest BCUT2D eigenvalue weighted by Crippen LogP contribution is 2.31. The predicted octanol–water partition coefficient (Wildman–Crippen LogP) is 3.16. The van der Waals surface area contributed by atoms with Gasteiger partial charge in [-0.3, -0.25) is 9.59 Å². The largest absolute Gasteiger partial charge is 0.486 e. The van der Waals surface area contributed by atoms with Crippen molar-refractivity contribution in [2.45, 2.75) is 51.0 Å². The van der Waals surface area contributed by atoms with Gasteiger partial charge in [-0.1, -0.05) is 25.3 Å². The zero-order chi connectivity index (χ0) is 20.1. The molecule has 0 bridgehead atoms. The number of likely N-dealkylation sites (tertiary alicyclic amines) is 1. The minimum Gasteiger partial charge on any atom is -0.486 e. The van der Waals surface area contributed by atoms with E-state index in [2.05, 4.69) is 5.32 Å². The van der Waals surface area contributed by atoms with Crippen LogP contribution in [0, 0.1) is 5.92 Å². The molecule has 0 radical (unpaired) electrons. The number of nitrogens with zero attached hydrogens (tertiary/aromatic N) is 1. The standard InChI is InChI=1S/C23H30N2O4/c26-22(9-7-17-6-8-20-21(16-17)29-15-14-28-20)25-12-10-19(11-13-25)24-23(27)18-4-2-1-3-5-18/h6-9,16,18-19H,1-5,10-15H2,(H,24,27)/b9-7+. The molecule has 0 atom stereocenters. The summed E-state index contributed by atoms with van der Waals surface area (Å²) < 4.78 is 11.1. The summed E-state index contributed by atoms with van der Waals surface area (Å²) in [5.74, 6) is 1.89. The Morgan fingerprint density at radius 1 is 0.966 bits per heavy atom. The van der Waals surface area contributed by atoms with Crippen molar-refractivity contribution in [2.75, 3.05) is 26.3 Å². The van der Waals surface area contributed by atoms with Gasteiger partial charge in [0.05, 0.1) is 0 Å². The van der Waals surface area contributed by atoms with Crippen molar-refractivity contribution < 1.29 is 19.1 Å². The number of fused-ring (bicyclic) bond motifs is 1. The summed E-state index contributed by atoms with van der Waals surface area (Å²) in [4.78, 5) is 26.8. The van der Waals surface area contributed by atoms with Crippen LogP contribution in [0.1, 0.15) is 50.5 Å². The Morgan fingerprint density at radius 2 is 1.69 bits per heavy atom. The average molecular weight is 399 g/mol. The van der Waals surface area contributed by atoms with Gasteiger partial charge in [0, 0.05) is 31.1 Å². The second-order valence-electron chi connectivity index (χ2n) is 8.18. The van der Waals surface area contributed by atoms with E-state index in [0.717, 1.165) is 42.7 Å². The molecule has 2 heterocycles. The molecular weight excluding hydrogens is 368 g/mol. The Labute approximate surface area is 172 Å². The van der Waals surface area contributed by atoms with Crippen LogP contribution in [0.4, 0.5) is 0 Å². The molecular formula is C23H30N2O4. The quantitative estimate of drug-likeness (QED) is 0.791. The van der Waals surface area contributed by atoms with Gasteiger partial charge in [-0.2, -0.15) is 0 Å². The first-order chi connectivity index (χ1) is 14.2. The molecule has 1 aromatic rings. The van der Waals surface area contributed by atoms with Crippen molar-refractivity contribution in [1.82, 2.24) is 10.2 Å². The SMILES string of the molecule is O=C(NC1CCN(C(=O)/C=C/c2ccc3c(c2)OCCO3)CC1)C1CCCCC1. The Balaban J connectivity index is 1.24. The third kappa shape index (κ3) is 5.11. The van der Waals surface area contributed by atoms with Crippen LogP contribution in [0.2, 0.25) is 0 Å². The zero-order valence-electron chi connectivity index (χ0n) is 16.9. The summed E-state index contributed by atoms with van der Waals surface area (Å²) in [7, 11) is 0. The van der Waals surface area contributed by atoms with Gasteiger partial charge in [-0.25, -0.2) is 0 Å². The Hall–Kier alpha value is -2.50. The van der Waals surface area contributed by atoms with Gasteiger partial charge in [0.1, 0.15) is 13.2 Å². The normalized spacial score (nSPS) is 20.6. The van der Waals surface area contributed by atoms with Crippen LogP contribution in [-0.4, -0.2) is 49.1 Å². The number of hydrogen-bond donors (Lipinski definition) is 1. The second-order valence-corrected chi connectivity index (χ2v) is 8.18. The number of amides is 2. The van der Waals surface area contributed by atoms with Crippen LogP contribution in [0.3, 0.4) is 0 Å². The summed E-state index contributed by atoms with van der Waals surface area (Å²) in [5.41, 5.74) is 0.914. The third-order valence-electron chi connectivity index (χ3n) is 6.11. The molecule has 156 valence electrons. The molecule has 3 aliphatic rings. The van der Waals surface area contributed by atoms with Crippen molar-refractivity contribution in [2.24, 2.45) is 5.92 Å². The molecule has 6 heteroatoms. The lowest BCUT2D eigenvalue weighted by molar-refractivity contribution is -0.128. The molecule has 1 aliphatic carbocycles. The Kier molecular flexibility index (Phi) is 6.37. The van der Waals surface area contributed by atoms with Gasteiger partial charge in [0.25, 0.3) is 0 Å². The van der Waals surface area contributed by atoms with Gasteiger partial charge >= 0.3 is 0 Å². The van der Waals surface area contributed by atoms with Crippen molar-refractivity contribution in [3.8, 4) is 11.5 Å². The van der Waals surface area contributed by atoms with Crippen LogP contribution in [0.5, 0.6) is 11.5 Å². The maximum Gasteiger partial charge on any atom is 0.246 e. The zero-order valence-corrected chi connectivity index (χ0v) is 16.9. The van der Waals surface area contributed by atoms with E-state index in [0.29, 0.717) is 26.3 Å². The van der Waals surface area contributed by atoms with Crippen LogP contribution in [0.15, 0.2) is 24.3 Å². The van der Waals surface area contributed by atoms with Gasteiger partial charge in [0.15, 0.2) is 11.5 Å². The summed E-state index contributed by atoms with van der Waals surface area (Å²) >= 11 is 0. The molecule has 0 unspecified atom stereocenters. The molecule has 4 rings (SSSR count). The lowest BCUT2D eigenvalue weighted by Gasteiger charge is -2.33. The fourth-order valence-electron chi connectivity index (χ4n) is 4.36. The molecule has 0 spiro atoms. The van der Waals surface area contributed by atoms with Crippen molar-refractivity contribution in [1.29, 1.82) is 0 Å². The lowest BCUT2D eigenvalue weighted by Crippen LogP contribution is -2.47. The van der Waals surface area contributed by atoms with E-state index in [4.69, 9.17) is 9.47 Å². The van der Waals surface area contributed by atoms with Gasteiger partial charge in [0.2, 0.25) is 11.8 Å². The fraction of sp³-hybridized carbons (Fsp3) is 0.565. The van der Waals surface area contributed by atoms with E-state index in [1.165, 1.54) is 19.3 Å². The summed E-state index contributed by atoms with van der Waals surface area (Å²) in [5, 5.41) is 3.21. The first kappa shape index (κ1) is 19.8. The minimum absolute atomic E-state index is 0.0111. The average Bonchev–Trinajstić information content (AvgIpc) is 2.78. The molecule has 2 fully saturated rings. The first-order valence-corrected chi connectivity index (χ1v) is 10.9. The highest BCUT2D eigenvalue weighted by Gasteiger charge is 2.26. The minimum atomic E-state index is 0.0111. The molecule has 0 aromatic heterocycles. The number of carbonyl (C=O) groups excluding carboxylic acids is 2. The highest BCUT2D eigenvalue weighted by atomic mass is 16.6. The summed E-state index contributed by atoms with van der Waals surface area (Å²) in [6, 6.07) is 5.88. The molecule has 2 amide bonds. The van der Waals surface area contributed by atoms with E-state index in [9.17, 15) is 9.59 Å². The number of rotatable bonds is 4.